The Labute approximate surface area is 168 Å². The van der Waals surface area contributed by atoms with Crippen LogP contribution < -0.4 is 5.32 Å². The highest BCUT2D eigenvalue weighted by molar-refractivity contribution is 7.89. The summed E-state index contributed by atoms with van der Waals surface area (Å²) in [5, 5.41) is 3.26. The fourth-order valence-corrected chi connectivity index (χ4v) is 4.75. The number of ether oxygens (including phenoxy) is 1. The number of morpholine rings is 1. The highest BCUT2D eigenvalue weighted by atomic mass is 35.5. The maximum absolute atomic E-state index is 14.3. The molecular formula is C19H20ClFN2O4S. The van der Waals surface area contributed by atoms with Gasteiger partial charge in [-0.3, -0.25) is 4.79 Å². The third-order valence-electron chi connectivity index (χ3n) is 4.50. The van der Waals surface area contributed by atoms with Crippen LogP contribution in [0.4, 0.5) is 4.39 Å². The molecule has 1 aliphatic heterocycles. The van der Waals surface area contributed by atoms with Gasteiger partial charge in [-0.2, -0.15) is 4.31 Å². The van der Waals surface area contributed by atoms with Gasteiger partial charge in [0.1, 0.15) is 10.7 Å². The van der Waals surface area contributed by atoms with Crippen molar-refractivity contribution in [1.82, 2.24) is 9.62 Å². The van der Waals surface area contributed by atoms with Gasteiger partial charge in [0, 0.05) is 23.7 Å². The van der Waals surface area contributed by atoms with Crippen LogP contribution in [0.25, 0.3) is 0 Å². The Hall–Kier alpha value is -2.00. The van der Waals surface area contributed by atoms with E-state index in [1.54, 1.807) is 31.2 Å². The fraction of sp³-hybridized carbons (Fsp3) is 0.316. The van der Waals surface area contributed by atoms with E-state index in [4.69, 9.17) is 16.3 Å². The standard InChI is InChI=1S/C19H20ClFN2O4S/c1-13(15-4-2-3-5-16(15)20)22-19(24)14-6-7-17(21)18(12-14)28(25,26)23-8-10-27-11-9-23/h2-7,12-13H,8-11H2,1H3,(H,22,24). The summed E-state index contributed by atoms with van der Waals surface area (Å²) in [6, 6.07) is 9.97. The maximum atomic E-state index is 14.3. The third kappa shape index (κ3) is 4.35. The molecule has 3 rings (SSSR count). The summed E-state index contributed by atoms with van der Waals surface area (Å²) >= 11 is 6.14. The van der Waals surface area contributed by atoms with Crippen molar-refractivity contribution in [2.75, 3.05) is 26.3 Å². The predicted octanol–water partition coefficient (Wildman–Crippen LogP) is 2.99. The minimum absolute atomic E-state index is 0.0483. The number of hydrogen-bond donors (Lipinski definition) is 1. The number of sulfonamides is 1. The molecule has 2 aromatic carbocycles. The van der Waals surface area contributed by atoms with E-state index in [1.807, 2.05) is 0 Å². The van der Waals surface area contributed by atoms with Crippen molar-refractivity contribution in [3.05, 3.63) is 64.4 Å². The molecule has 0 bridgehead atoms. The minimum Gasteiger partial charge on any atom is -0.379 e. The van der Waals surface area contributed by atoms with Gasteiger partial charge in [-0.05, 0) is 36.8 Å². The van der Waals surface area contributed by atoms with Crippen molar-refractivity contribution in [1.29, 1.82) is 0 Å². The number of carbonyl (C=O) groups excluding carboxylic acids is 1. The average Bonchev–Trinajstić information content (AvgIpc) is 2.69. The molecule has 1 saturated heterocycles. The minimum atomic E-state index is -4.06. The SMILES string of the molecule is CC(NC(=O)c1ccc(F)c(S(=O)(=O)N2CCOCC2)c1)c1ccccc1Cl. The predicted molar refractivity (Wildman–Crippen MR) is 103 cm³/mol. The Kier molecular flexibility index (Phi) is 6.34. The molecule has 28 heavy (non-hydrogen) atoms. The summed E-state index contributed by atoms with van der Waals surface area (Å²) in [6.45, 7) is 2.53. The second-order valence-corrected chi connectivity index (χ2v) is 8.69. The van der Waals surface area contributed by atoms with Crippen molar-refractivity contribution in [2.45, 2.75) is 17.9 Å². The number of halogens is 2. The summed E-state index contributed by atoms with van der Waals surface area (Å²) in [4.78, 5) is 12.1. The van der Waals surface area contributed by atoms with Crippen LogP contribution in [0.2, 0.25) is 5.02 Å². The van der Waals surface area contributed by atoms with Crippen LogP contribution in [0, 0.1) is 5.82 Å². The van der Waals surface area contributed by atoms with Crippen molar-refractivity contribution in [3.63, 3.8) is 0 Å². The molecule has 0 spiro atoms. The summed E-state index contributed by atoms with van der Waals surface area (Å²) in [6.07, 6.45) is 0. The lowest BCUT2D eigenvalue weighted by molar-refractivity contribution is 0.0729. The first-order valence-corrected chi connectivity index (χ1v) is 10.6. The van der Waals surface area contributed by atoms with E-state index < -0.39 is 32.7 Å². The summed E-state index contributed by atoms with van der Waals surface area (Å²) in [5.74, 6) is -1.42. The molecule has 1 heterocycles. The lowest BCUT2D eigenvalue weighted by Gasteiger charge is -2.26. The number of hydrogen-bond acceptors (Lipinski definition) is 4. The summed E-state index contributed by atoms with van der Waals surface area (Å²) in [7, 11) is -4.06. The number of amides is 1. The molecule has 2 aromatic rings. The van der Waals surface area contributed by atoms with Gasteiger partial charge in [-0.15, -0.1) is 0 Å². The molecule has 1 fully saturated rings. The average molecular weight is 427 g/mol. The number of carbonyl (C=O) groups is 1. The molecule has 1 atom stereocenters. The Morgan fingerprint density at radius 2 is 1.89 bits per heavy atom. The maximum Gasteiger partial charge on any atom is 0.251 e. The Morgan fingerprint density at radius 3 is 2.57 bits per heavy atom. The molecule has 0 aliphatic carbocycles. The van der Waals surface area contributed by atoms with E-state index >= 15 is 0 Å². The highest BCUT2D eigenvalue weighted by Gasteiger charge is 2.30. The van der Waals surface area contributed by atoms with Crippen LogP contribution in [0.5, 0.6) is 0 Å². The zero-order chi connectivity index (χ0) is 20.3. The molecule has 9 heteroatoms. The van der Waals surface area contributed by atoms with E-state index in [9.17, 15) is 17.6 Å². The Bertz CT molecular complexity index is 978. The Balaban J connectivity index is 1.84. The van der Waals surface area contributed by atoms with Crippen molar-refractivity contribution in [2.24, 2.45) is 0 Å². The lowest BCUT2D eigenvalue weighted by atomic mass is 10.1. The smallest absolute Gasteiger partial charge is 0.251 e. The van der Waals surface area contributed by atoms with Gasteiger partial charge < -0.3 is 10.1 Å². The van der Waals surface area contributed by atoms with Crippen molar-refractivity contribution < 1.29 is 22.3 Å². The third-order valence-corrected chi connectivity index (χ3v) is 6.76. The first-order chi connectivity index (χ1) is 13.3. The van der Waals surface area contributed by atoms with Gasteiger partial charge in [-0.1, -0.05) is 29.8 Å². The fourth-order valence-electron chi connectivity index (χ4n) is 2.95. The molecule has 0 radical (unpaired) electrons. The zero-order valence-electron chi connectivity index (χ0n) is 15.2. The first kappa shape index (κ1) is 20.7. The molecule has 0 saturated carbocycles. The molecule has 1 N–H and O–H groups in total. The van der Waals surface area contributed by atoms with Crippen molar-refractivity contribution >= 4 is 27.5 Å². The van der Waals surface area contributed by atoms with Gasteiger partial charge in [0.2, 0.25) is 10.0 Å². The van der Waals surface area contributed by atoms with E-state index in [-0.39, 0.29) is 31.9 Å². The molecule has 0 aromatic heterocycles. The van der Waals surface area contributed by atoms with Crippen LogP contribution in [-0.4, -0.2) is 44.9 Å². The normalized spacial score (nSPS) is 16.5. The largest absolute Gasteiger partial charge is 0.379 e. The van der Waals surface area contributed by atoms with Gasteiger partial charge in [0.15, 0.2) is 0 Å². The second kappa shape index (κ2) is 8.57. The second-order valence-electron chi connectivity index (χ2n) is 6.38. The van der Waals surface area contributed by atoms with E-state index in [0.29, 0.717) is 5.02 Å². The van der Waals surface area contributed by atoms with E-state index in [0.717, 1.165) is 22.0 Å². The van der Waals surface area contributed by atoms with Crippen LogP contribution in [0.15, 0.2) is 47.4 Å². The monoisotopic (exact) mass is 426 g/mol. The van der Waals surface area contributed by atoms with E-state index in [1.165, 1.54) is 6.07 Å². The molecular weight excluding hydrogens is 407 g/mol. The van der Waals surface area contributed by atoms with Gasteiger partial charge >= 0.3 is 0 Å². The first-order valence-electron chi connectivity index (χ1n) is 8.73. The molecule has 1 amide bonds. The lowest BCUT2D eigenvalue weighted by Crippen LogP contribution is -2.41. The van der Waals surface area contributed by atoms with Gasteiger partial charge in [0.05, 0.1) is 19.3 Å². The molecule has 1 aliphatic rings. The molecule has 6 nitrogen and oxygen atoms in total. The van der Waals surface area contributed by atoms with Crippen LogP contribution >= 0.6 is 11.6 Å². The molecule has 150 valence electrons. The topological polar surface area (TPSA) is 75.7 Å². The molecule has 1 unspecified atom stereocenters. The van der Waals surface area contributed by atoms with Crippen LogP contribution in [0.1, 0.15) is 28.9 Å². The number of nitrogens with one attached hydrogen (secondary N) is 1. The van der Waals surface area contributed by atoms with E-state index in [2.05, 4.69) is 5.32 Å². The quantitative estimate of drug-likeness (QED) is 0.797. The van der Waals surface area contributed by atoms with Crippen LogP contribution in [0.3, 0.4) is 0 Å². The highest BCUT2D eigenvalue weighted by Crippen LogP contribution is 2.24. The summed E-state index contributed by atoms with van der Waals surface area (Å²) in [5.41, 5.74) is 0.771. The Morgan fingerprint density at radius 1 is 1.21 bits per heavy atom. The van der Waals surface area contributed by atoms with Gasteiger partial charge in [0.25, 0.3) is 5.91 Å². The summed E-state index contributed by atoms with van der Waals surface area (Å²) < 4.78 is 46.1. The van der Waals surface area contributed by atoms with Crippen molar-refractivity contribution in [3.8, 4) is 0 Å². The number of rotatable bonds is 5. The van der Waals surface area contributed by atoms with Gasteiger partial charge in [-0.25, -0.2) is 12.8 Å². The number of benzene rings is 2. The van der Waals surface area contributed by atoms with Crippen LogP contribution in [-0.2, 0) is 14.8 Å². The number of nitrogens with zero attached hydrogens (tertiary/aromatic N) is 1. The zero-order valence-corrected chi connectivity index (χ0v) is 16.8.